The Bertz CT molecular complexity index is 229. The highest BCUT2D eigenvalue weighted by atomic mass is 16.5. The highest BCUT2D eigenvalue weighted by Gasteiger charge is 2.44. The van der Waals surface area contributed by atoms with E-state index >= 15 is 0 Å². The molecule has 0 aliphatic heterocycles. The molecule has 6 heteroatoms. The van der Waals surface area contributed by atoms with Crippen molar-refractivity contribution in [2.45, 2.75) is 43.2 Å². The number of hydrogen-bond acceptors (Lipinski definition) is 6. The molecule has 0 spiro atoms. The number of esters is 1. The van der Waals surface area contributed by atoms with Gasteiger partial charge in [0.1, 0.15) is 6.10 Å². The fraction of sp³-hybridized carbons (Fsp3) is 0.889. The van der Waals surface area contributed by atoms with Crippen LogP contribution in [-0.2, 0) is 9.53 Å². The summed E-state index contributed by atoms with van der Waals surface area (Å²) in [5.74, 6) is -0.617. The number of carbonyl (C=O) groups excluding carboxylic acids is 1. The molecule has 2 atom stereocenters. The van der Waals surface area contributed by atoms with Gasteiger partial charge in [0.05, 0.1) is 31.3 Å². The summed E-state index contributed by atoms with van der Waals surface area (Å²) in [6.07, 6.45) is -4.35. The van der Waals surface area contributed by atoms with Crippen LogP contribution in [0.2, 0.25) is 0 Å². The van der Waals surface area contributed by atoms with Gasteiger partial charge in [-0.1, -0.05) is 0 Å². The van der Waals surface area contributed by atoms with E-state index < -0.39 is 29.9 Å². The van der Waals surface area contributed by atoms with E-state index in [1.54, 1.807) is 0 Å². The van der Waals surface area contributed by atoms with Crippen molar-refractivity contribution in [1.82, 2.24) is 0 Å². The van der Waals surface area contributed by atoms with Crippen molar-refractivity contribution in [1.29, 1.82) is 0 Å². The molecule has 0 aromatic heterocycles. The molecule has 0 saturated heterocycles. The van der Waals surface area contributed by atoms with Gasteiger partial charge in [-0.3, -0.25) is 4.79 Å². The van der Waals surface area contributed by atoms with Crippen molar-refractivity contribution in [2.24, 2.45) is 0 Å². The summed E-state index contributed by atoms with van der Waals surface area (Å²) in [5.41, 5.74) is -1.51. The van der Waals surface area contributed by atoms with Crippen LogP contribution in [0.3, 0.4) is 0 Å². The minimum atomic E-state index is -1.51. The van der Waals surface area contributed by atoms with Gasteiger partial charge < -0.3 is 25.2 Å². The van der Waals surface area contributed by atoms with Crippen LogP contribution in [0.25, 0.3) is 0 Å². The quantitative estimate of drug-likeness (QED) is 0.407. The van der Waals surface area contributed by atoms with Crippen molar-refractivity contribution < 1.29 is 30.0 Å². The number of ether oxygens (including phenoxy) is 1. The molecule has 1 aliphatic carbocycles. The van der Waals surface area contributed by atoms with Crippen LogP contribution < -0.4 is 0 Å². The first-order valence-electron chi connectivity index (χ1n) is 4.71. The predicted octanol–water partition coefficient (Wildman–Crippen LogP) is -1.84. The Morgan fingerprint density at radius 2 is 1.80 bits per heavy atom. The molecule has 1 aliphatic rings. The van der Waals surface area contributed by atoms with Crippen LogP contribution in [0.5, 0.6) is 0 Å². The third kappa shape index (κ3) is 2.88. The van der Waals surface area contributed by atoms with Gasteiger partial charge in [0.2, 0.25) is 0 Å². The summed E-state index contributed by atoms with van der Waals surface area (Å²) in [4.78, 5) is 11.0. The van der Waals surface area contributed by atoms with Crippen LogP contribution in [-0.4, -0.2) is 57.4 Å². The fourth-order valence-electron chi connectivity index (χ4n) is 1.85. The zero-order valence-electron chi connectivity index (χ0n) is 8.46. The number of carbonyl (C=O) groups is 1. The summed E-state index contributed by atoms with van der Waals surface area (Å²) in [6.45, 7) is 0. The molecule has 1 rings (SSSR count). The lowest BCUT2D eigenvalue weighted by molar-refractivity contribution is -0.169. The lowest BCUT2D eigenvalue weighted by Gasteiger charge is -2.39. The lowest BCUT2D eigenvalue weighted by Crippen LogP contribution is -2.53. The summed E-state index contributed by atoms with van der Waals surface area (Å²) in [6, 6.07) is 0. The minimum absolute atomic E-state index is 0.152. The molecule has 0 amide bonds. The SMILES string of the molecule is COC(=O)CC1(O)C[C@H](O)C(O)[C@@H](O)C1. The Morgan fingerprint density at radius 3 is 2.20 bits per heavy atom. The Hall–Kier alpha value is -0.690. The molecule has 0 bridgehead atoms. The van der Waals surface area contributed by atoms with Crippen LogP contribution >= 0.6 is 0 Å². The first-order chi connectivity index (χ1) is 6.88. The van der Waals surface area contributed by atoms with Crippen molar-refractivity contribution >= 4 is 5.97 Å². The van der Waals surface area contributed by atoms with Gasteiger partial charge in [-0.05, 0) is 0 Å². The molecule has 6 nitrogen and oxygen atoms in total. The Morgan fingerprint density at radius 1 is 1.33 bits per heavy atom. The first-order valence-corrected chi connectivity index (χ1v) is 4.71. The van der Waals surface area contributed by atoms with Crippen molar-refractivity contribution in [3.8, 4) is 0 Å². The summed E-state index contributed by atoms with van der Waals surface area (Å²) in [5, 5.41) is 37.8. The van der Waals surface area contributed by atoms with Crippen molar-refractivity contribution in [3.63, 3.8) is 0 Å². The van der Waals surface area contributed by atoms with E-state index in [0.29, 0.717) is 0 Å². The molecular formula is C9H16O6. The number of hydrogen-bond donors (Lipinski definition) is 4. The second-order valence-corrected chi connectivity index (χ2v) is 4.01. The third-order valence-electron chi connectivity index (χ3n) is 2.67. The van der Waals surface area contributed by atoms with Gasteiger partial charge in [0, 0.05) is 12.8 Å². The van der Waals surface area contributed by atoms with Gasteiger partial charge in [-0.25, -0.2) is 0 Å². The number of rotatable bonds is 2. The van der Waals surface area contributed by atoms with E-state index in [-0.39, 0.29) is 19.3 Å². The molecule has 1 saturated carbocycles. The van der Waals surface area contributed by atoms with Crippen LogP contribution in [0.15, 0.2) is 0 Å². The van der Waals surface area contributed by atoms with Crippen LogP contribution in [0.1, 0.15) is 19.3 Å². The van der Waals surface area contributed by atoms with E-state index in [4.69, 9.17) is 0 Å². The molecule has 0 aromatic rings. The maximum atomic E-state index is 11.0. The standard InChI is InChI=1S/C9H16O6/c1-15-7(12)4-9(14)2-5(10)8(13)6(11)3-9/h5-6,8,10-11,13-14H,2-4H2,1H3/t5-,6-,8?,9?/m0/s1. The fourth-order valence-corrected chi connectivity index (χ4v) is 1.85. The molecule has 0 radical (unpaired) electrons. The van der Waals surface area contributed by atoms with Crippen molar-refractivity contribution in [3.05, 3.63) is 0 Å². The number of methoxy groups -OCH3 is 1. The predicted molar refractivity (Wildman–Crippen MR) is 48.8 cm³/mol. The monoisotopic (exact) mass is 220 g/mol. The Balaban J connectivity index is 2.66. The molecule has 0 aromatic carbocycles. The second-order valence-electron chi connectivity index (χ2n) is 4.01. The average molecular weight is 220 g/mol. The van der Waals surface area contributed by atoms with E-state index in [2.05, 4.69) is 4.74 Å². The molecule has 1 fully saturated rings. The largest absolute Gasteiger partial charge is 0.469 e. The van der Waals surface area contributed by atoms with Gasteiger partial charge in [-0.15, -0.1) is 0 Å². The Labute approximate surface area is 87.1 Å². The highest BCUT2D eigenvalue weighted by Crippen LogP contribution is 2.31. The van der Waals surface area contributed by atoms with Gasteiger partial charge in [0.15, 0.2) is 0 Å². The summed E-state index contributed by atoms with van der Waals surface area (Å²) < 4.78 is 4.39. The molecule has 88 valence electrons. The van der Waals surface area contributed by atoms with Gasteiger partial charge in [-0.2, -0.15) is 0 Å². The van der Waals surface area contributed by atoms with Crippen molar-refractivity contribution in [2.75, 3.05) is 7.11 Å². The maximum absolute atomic E-state index is 11.0. The zero-order chi connectivity index (χ0) is 11.6. The maximum Gasteiger partial charge on any atom is 0.308 e. The molecule has 15 heavy (non-hydrogen) atoms. The van der Waals surface area contributed by atoms with E-state index in [0.717, 1.165) is 0 Å². The molecule has 4 N–H and O–H groups in total. The van der Waals surface area contributed by atoms with E-state index in [9.17, 15) is 25.2 Å². The summed E-state index contributed by atoms with van der Waals surface area (Å²) in [7, 11) is 1.19. The minimum Gasteiger partial charge on any atom is -0.469 e. The topological polar surface area (TPSA) is 107 Å². The molecular weight excluding hydrogens is 204 g/mol. The molecule has 0 heterocycles. The highest BCUT2D eigenvalue weighted by molar-refractivity contribution is 5.70. The van der Waals surface area contributed by atoms with Gasteiger partial charge >= 0.3 is 5.97 Å². The van der Waals surface area contributed by atoms with Crippen LogP contribution in [0.4, 0.5) is 0 Å². The second kappa shape index (κ2) is 4.44. The number of aliphatic hydroxyl groups is 4. The smallest absolute Gasteiger partial charge is 0.308 e. The van der Waals surface area contributed by atoms with E-state index in [1.807, 2.05) is 0 Å². The third-order valence-corrected chi connectivity index (χ3v) is 2.67. The van der Waals surface area contributed by atoms with Gasteiger partial charge in [0.25, 0.3) is 0 Å². The summed E-state index contributed by atoms with van der Waals surface area (Å²) >= 11 is 0. The Kier molecular flexibility index (Phi) is 3.67. The lowest BCUT2D eigenvalue weighted by atomic mass is 9.78. The average Bonchev–Trinajstić information content (AvgIpc) is 2.13. The first kappa shape index (κ1) is 12.4. The molecule has 0 unspecified atom stereocenters. The van der Waals surface area contributed by atoms with Crippen LogP contribution in [0, 0.1) is 0 Å². The normalized spacial score (nSPS) is 41.3. The number of aliphatic hydroxyl groups excluding tert-OH is 3. The van der Waals surface area contributed by atoms with E-state index in [1.165, 1.54) is 7.11 Å². The zero-order valence-corrected chi connectivity index (χ0v) is 8.46.